The van der Waals surface area contributed by atoms with Gasteiger partial charge in [0.05, 0.1) is 11.2 Å². The number of hydrogen-bond donors (Lipinski definition) is 2. The van der Waals surface area contributed by atoms with Crippen molar-refractivity contribution in [3.63, 3.8) is 0 Å². The molecule has 1 unspecified atom stereocenters. The maximum atomic E-state index is 11.0. The van der Waals surface area contributed by atoms with E-state index >= 15 is 0 Å². The van der Waals surface area contributed by atoms with Crippen LogP contribution in [0.4, 0.5) is 0 Å². The Morgan fingerprint density at radius 1 is 0.944 bits per heavy atom. The summed E-state index contributed by atoms with van der Waals surface area (Å²) < 4.78 is 0. The number of hydrogen-bond acceptors (Lipinski definition) is 2. The molecule has 3 atom stereocenters. The number of aliphatic hydroxyl groups is 2. The zero-order chi connectivity index (χ0) is 13.3. The minimum atomic E-state index is -0.822. The Hall–Kier alpha value is -0.860. The summed E-state index contributed by atoms with van der Waals surface area (Å²) in [6.07, 6.45) is 12.7. The van der Waals surface area contributed by atoms with Crippen LogP contribution in [0.2, 0.25) is 0 Å². The highest BCUT2D eigenvalue weighted by molar-refractivity contribution is 5.22. The molecule has 0 aliphatic heterocycles. The lowest BCUT2D eigenvalue weighted by Crippen LogP contribution is -2.55. The maximum absolute atomic E-state index is 11.0. The standard InChI is InChI=1S/C16H24O2/c1-3-8-15(17)12-13-16(18,9-4-2)14(15)10-6-5-7-11-14/h3-6,17-18H,1-2,7-13H2/t14?,15-,16+. The molecule has 2 heteroatoms. The molecule has 0 heterocycles. The fraction of sp³-hybridized carbons (Fsp3) is 0.625. The van der Waals surface area contributed by atoms with Crippen molar-refractivity contribution in [1.29, 1.82) is 0 Å². The highest BCUT2D eigenvalue weighted by atomic mass is 16.3. The van der Waals surface area contributed by atoms with E-state index in [1.807, 2.05) is 0 Å². The Kier molecular flexibility index (Phi) is 3.52. The van der Waals surface area contributed by atoms with Crippen molar-refractivity contribution in [1.82, 2.24) is 0 Å². The largest absolute Gasteiger partial charge is 0.389 e. The van der Waals surface area contributed by atoms with E-state index in [-0.39, 0.29) is 0 Å². The van der Waals surface area contributed by atoms with Crippen molar-refractivity contribution in [2.75, 3.05) is 0 Å². The van der Waals surface area contributed by atoms with Crippen LogP contribution in [0.3, 0.4) is 0 Å². The molecule has 0 amide bonds. The van der Waals surface area contributed by atoms with Gasteiger partial charge in [-0.3, -0.25) is 0 Å². The molecule has 0 aromatic carbocycles. The van der Waals surface area contributed by atoms with Gasteiger partial charge in [-0.2, -0.15) is 0 Å². The first-order valence-corrected chi connectivity index (χ1v) is 6.85. The molecule has 2 aliphatic carbocycles. The second-order valence-corrected chi connectivity index (χ2v) is 5.85. The summed E-state index contributed by atoms with van der Waals surface area (Å²) in [6.45, 7) is 7.52. The molecule has 1 fully saturated rings. The van der Waals surface area contributed by atoms with E-state index in [9.17, 15) is 10.2 Å². The van der Waals surface area contributed by atoms with Crippen LogP contribution in [0.5, 0.6) is 0 Å². The third kappa shape index (κ3) is 1.70. The normalized spacial score (nSPS) is 43.2. The molecule has 1 spiro atoms. The average molecular weight is 248 g/mol. The molecule has 1 saturated carbocycles. The van der Waals surface area contributed by atoms with Crippen molar-refractivity contribution in [2.24, 2.45) is 5.41 Å². The van der Waals surface area contributed by atoms with E-state index in [0.29, 0.717) is 25.7 Å². The van der Waals surface area contributed by atoms with Gasteiger partial charge in [0.15, 0.2) is 0 Å². The van der Waals surface area contributed by atoms with Crippen molar-refractivity contribution in [3.8, 4) is 0 Å². The Labute approximate surface area is 110 Å². The van der Waals surface area contributed by atoms with Crippen LogP contribution < -0.4 is 0 Å². The van der Waals surface area contributed by atoms with Gasteiger partial charge in [0.25, 0.3) is 0 Å². The van der Waals surface area contributed by atoms with Crippen LogP contribution >= 0.6 is 0 Å². The van der Waals surface area contributed by atoms with E-state index in [1.54, 1.807) is 12.2 Å². The monoisotopic (exact) mass is 248 g/mol. The van der Waals surface area contributed by atoms with Crippen LogP contribution in [0, 0.1) is 5.41 Å². The fourth-order valence-corrected chi connectivity index (χ4v) is 4.08. The summed E-state index contributed by atoms with van der Waals surface area (Å²) in [5, 5.41) is 22.1. The lowest BCUT2D eigenvalue weighted by molar-refractivity contribution is -0.153. The SMILES string of the molecule is C=CC[C@@]1(O)CC[C@@](O)(CC=C)C12CC=CCC2. The highest BCUT2D eigenvalue weighted by Crippen LogP contribution is 2.61. The molecule has 2 aliphatic rings. The predicted octanol–water partition coefficient (Wildman–Crippen LogP) is 3.12. The summed E-state index contributed by atoms with van der Waals surface area (Å²) in [7, 11) is 0. The second-order valence-electron chi connectivity index (χ2n) is 5.85. The molecular weight excluding hydrogens is 224 g/mol. The second kappa shape index (κ2) is 4.67. The van der Waals surface area contributed by atoms with Gasteiger partial charge in [-0.05, 0) is 44.9 Å². The van der Waals surface area contributed by atoms with Crippen LogP contribution in [-0.2, 0) is 0 Å². The van der Waals surface area contributed by atoms with Gasteiger partial charge in [-0.1, -0.05) is 24.3 Å². The minimum Gasteiger partial charge on any atom is -0.389 e. The van der Waals surface area contributed by atoms with E-state index in [2.05, 4.69) is 25.3 Å². The molecule has 0 aromatic rings. The molecule has 2 N–H and O–H groups in total. The molecular formula is C16H24O2. The van der Waals surface area contributed by atoms with Gasteiger partial charge in [-0.25, -0.2) is 0 Å². The number of rotatable bonds is 4. The van der Waals surface area contributed by atoms with Gasteiger partial charge in [0, 0.05) is 5.41 Å². The molecule has 2 nitrogen and oxygen atoms in total. The smallest absolute Gasteiger partial charge is 0.0769 e. The maximum Gasteiger partial charge on any atom is 0.0769 e. The van der Waals surface area contributed by atoms with E-state index in [1.165, 1.54) is 0 Å². The van der Waals surface area contributed by atoms with E-state index in [0.717, 1.165) is 19.3 Å². The first-order chi connectivity index (χ1) is 8.54. The summed E-state index contributed by atoms with van der Waals surface area (Å²) in [4.78, 5) is 0. The van der Waals surface area contributed by atoms with Crippen molar-refractivity contribution in [2.45, 2.75) is 56.1 Å². The Balaban J connectivity index is 2.43. The van der Waals surface area contributed by atoms with Gasteiger partial charge < -0.3 is 10.2 Å². The summed E-state index contributed by atoms with van der Waals surface area (Å²) in [6, 6.07) is 0. The quantitative estimate of drug-likeness (QED) is 0.750. The predicted molar refractivity (Wildman–Crippen MR) is 74.2 cm³/mol. The van der Waals surface area contributed by atoms with Gasteiger partial charge in [0.2, 0.25) is 0 Å². The summed E-state index contributed by atoms with van der Waals surface area (Å²) in [5.74, 6) is 0. The fourth-order valence-electron chi connectivity index (χ4n) is 4.08. The summed E-state index contributed by atoms with van der Waals surface area (Å²) >= 11 is 0. The van der Waals surface area contributed by atoms with Gasteiger partial charge >= 0.3 is 0 Å². The van der Waals surface area contributed by atoms with Crippen LogP contribution in [0.15, 0.2) is 37.5 Å². The van der Waals surface area contributed by atoms with Gasteiger partial charge in [0.1, 0.15) is 0 Å². The Morgan fingerprint density at radius 2 is 1.50 bits per heavy atom. The zero-order valence-electron chi connectivity index (χ0n) is 11.1. The van der Waals surface area contributed by atoms with Crippen LogP contribution in [0.25, 0.3) is 0 Å². The molecule has 100 valence electrons. The Morgan fingerprint density at radius 3 is 1.89 bits per heavy atom. The topological polar surface area (TPSA) is 40.5 Å². The van der Waals surface area contributed by atoms with Crippen LogP contribution in [0.1, 0.15) is 44.9 Å². The Bertz CT molecular complexity index is 347. The van der Waals surface area contributed by atoms with Crippen molar-refractivity contribution >= 4 is 0 Å². The van der Waals surface area contributed by atoms with Crippen molar-refractivity contribution < 1.29 is 10.2 Å². The lowest BCUT2D eigenvalue weighted by atomic mass is 9.59. The number of allylic oxidation sites excluding steroid dienone is 2. The third-order valence-corrected chi connectivity index (χ3v) is 5.07. The highest BCUT2D eigenvalue weighted by Gasteiger charge is 2.64. The third-order valence-electron chi connectivity index (χ3n) is 5.07. The first kappa shape index (κ1) is 13.6. The lowest BCUT2D eigenvalue weighted by Gasteiger charge is -2.50. The first-order valence-electron chi connectivity index (χ1n) is 6.85. The molecule has 0 saturated heterocycles. The van der Waals surface area contributed by atoms with Crippen LogP contribution in [-0.4, -0.2) is 21.4 Å². The summed E-state index contributed by atoms with van der Waals surface area (Å²) in [5.41, 5.74) is -2.08. The molecule has 0 bridgehead atoms. The molecule has 18 heavy (non-hydrogen) atoms. The van der Waals surface area contributed by atoms with E-state index in [4.69, 9.17) is 0 Å². The minimum absolute atomic E-state index is 0.433. The van der Waals surface area contributed by atoms with E-state index < -0.39 is 16.6 Å². The molecule has 0 aromatic heterocycles. The molecule has 0 radical (unpaired) electrons. The average Bonchev–Trinajstić information content (AvgIpc) is 2.55. The zero-order valence-corrected chi connectivity index (χ0v) is 11.1. The molecule has 2 rings (SSSR count). The van der Waals surface area contributed by atoms with Crippen molar-refractivity contribution in [3.05, 3.63) is 37.5 Å². The van der Waals surface area contributed by atoms with Gasteiger partial charge in [-0.15, -0.1) is 13.2 Å².